The molecule has 0 aliphatic carbocycles. The molecule has 1 aromatic heterocycles. The van der Waals surface area contributed by atoms with Crippen LogP contribution >= 0.6 is 0 Å². The van der Waals surface area contributed by atoms with Crippen LogP contribution in [0.5, 0.6) is 0 Å². The minimum atomic E-state index is -0.300. The SMILES string of the molecule is COC(C)C1=NCc2ccc(NC(=O)c3ncc(C#N)c(C)c3C)cc21. The van der Waals surface area contributed by atoms with Crippen LogP contribution < -0.4 is 5.32 Å². The molecule has 1 N–H and O–H groups in total. The second kappa shape index (κ2) is 7.06. The van der Waals surface area contributed by atoms with Gasteiger partial charge in [0, 0.05) is 24.6 Å². The van der Waals surface area contributed by atoms with E-state index in [2.05, 4.69) is 21.4 Å². The highest BCUT2D eigenvalue weighted by atomic mass is 16.5. The van der Waals surface area contributed by atoms with E-state index in [9.17, 15) is 4.79 Å². The van der Waals surface area contributed by atoms with Crippen LogP contribution in [0.1, 0.15) is 45.2 Å². The number of pyridine rings is 1. The summed E-state index contributed by atoms with van der Waals surface area (Å²) in [5.74, 6) is -0.300. The lowest BCUT2D eigenvalue weighted by Gasteiger charge is -2.13. The molecular formula is C20H20N4O2. The summed E-state index contributed by atoms with van der Waals surface area (Å²) in [6.07, 6.45) is 1.33. The van der Waals surface area contributed by atoms with Crippen LogP contribution in [-0.4, -0.2) is 29.8 Å². The summed E-state index contributed by atoms with van der Waals surface area (Å²) in [5, 5.41) is 12.0. The Labute approximate surface area is 152 Å². The van der Waals surface area contributed by atoms with Crippen molar-refractivity contribution in [2.24, 2.45) is 4.99 Å². The zero-order chi connectivity index (χ0) is 18.8. The Kier molecular flexibility index (Phi) is 4.83. The fourth-order valence-electron chi connectivity index (χ4n) is 2.98. The molecule has 1 aromatic carbocycles. The van der Waals surface area contributed by atoms with E-state index in [-0.39, 0.29) is 12.0 Å². The van der Waals surface area contributed by atoms with Gasteiger partial charge in [0.05, 0.1) is 23.9 Å². The molecule has 2 heterocycles. The number of fused-ring (bicyclic) bond motifs is 1. The van der Waals surface area contributed by atoms with Crippen LogP contribution in [0.3, 0.4) is 0 Å². The van der Waals surface area contributed by atoms with E-state index in [1.54, 1.807) is 14.0 Å². The normalized spacial score (nSPS) is 13.6. The number of hydrogen-bond donors (Lipinski definition) is 1. The first-order valence-electron chi connectivity index (χ1n) is 8.34. The zero-order valence-electron chi connectivity index (χ0n) is 15.3. The Bertz CT molecular complexity index is 957. The molecule has 1 unspecified atom stereocenters. The van der Waals surface area contributed by atoms with Crippen molar-refractivity contribution in [2.75, 3.05) is 12.4 Å². The number of aromatic nitrogens is 1. The smallest absolute Gasteiger partial charge is 0.274 e. The van der Waals surface area contributed by atoms with Gasteiger partial charge in [-0.3, -0.25) is 9.79 Å². The second-order valence-electron chi connectivity index (χ2n) is 6.29. The molecule has 1 aliphatic rings. The van der Waals surface area contributed by atoms with Gasteiger partial charge in [0.2, 0.25) is 0 Å². The number of rotatable bonds is 4. The first kappa shape index (κ1) is 17.8. The monoisotopic (exact) mass is 348 g/mol. The maximum atomic E-state index is 12.6. The molecule has 26 heavy (non-hydrogen) atoms. The summed E-state index contributed by atoms with van der Waals surface area (Å²) in [7, 11) is 1.65. The number of hydrogen-bond acceptors (Lipinski definition) is 5. The number of carbonyl (C=O) groups is 1. The third kappa shape index (κ3) is 3.09. The van der Waals surface area contributed by atoms with Crippen molar-refractivity contribution in [1.82, 2.24) is 4.98 Å². The van der Waals surface area contributed by atoms with Crippen LogP contribution in [0.25, 0.3) is 0 Å². The molecule has 132 valence electrons. The quantitative estimate of drug-likeness (QED) is 0.919. The number of carbonyl (C=O) groups excluding carboxylic acids is 1. The Balaban J connectivity index is 1.87. The number of nitrogens with one attached hydrogen (secondary N) is 1. The molecule has 6 nitrogen and oxygen atoms in total. The molecule has 2 aromatic rings. The molecule has 0 saturated carbocycles. The molecule has 0 bridgehead atoms. The van der Waals surface area contributed by atoms with Gasteiger partial charge in [-0.05, 0) is 49.6 Å². The fraction of sp³-hybridized carbons (Fsp3) is 0.300. The van der Waals surface area contributed by atoms with E-state index in [0.717, 1.165) is 22.4 Å². The molecule has 3 rings (SSSR count). The number of aliphatic imine (C=N–C) groups is 1. The molecule has 1 atom stereocenters. The topological polar surface area (TPSA) is 87.4 Å². The highest BCUT2D eigenvalue weighted by molar-refractivity contribution is 6.09. The van der Waals surface area contributed by atoms with Crippen molar-refractivity contribution in [1.29, 1.82) is 5.26 Å². The average Bonchev–Trinajstić information content (AvgIpc) is 3.06. The summed E-state index contributed by atoms with van der Waals surface area (Å²) in [6, 6.07) is 7.82. The largest absolute Gasteiger partial charge is 0.375 e. The number of nitriles is 1. The summed E-state index contributed by atoms with van der Waals surface area (Å²) in [6.45, 7) is 6.19. The molecule has 1 amide bonds. The summed E-state index contributed by atoms with van der Waals surface area (Å²) < 4.78 is 5.38. The van der Waals surface area contributed by atoms with E-state index in [1.165, 1.54) is 6.20 Å². The van der Waals surface area contributed by atoms with Gasteiger partial charge in [-0.25, -0.2) is 4.98 Å². The van der Waals surface area contributed by atoms with Gasteiger partial charge in [-0.15, -0.1) is 0 Å². The number of benzene rings is 1. The number of amides is 1. The Morgan fingerprint density at radius 1 is 1.35 bits per heavy atom. The lowest BCUT2D eigenvalue weighted by Crippen LogP contribution is -2.20. The molecular weight excluding hydrogens is 328 g/mol. The predicted molar refractivity (Wildman–Crippen MR) is 99.5 cm³/mol. The number of methoxy groups -OCH3 is 1. The van der Waals surface area contributed by atoms with Crippen LogP contribution in [0.2, 0.25) is 0 Å². The van der Waals surface area contributed by atoms with E-state index < -0.39 is 0 Å². The van der Waals surface area contributed by atoms with Gasteiger partial charge < -0.3 is 10.1 Å². The van der Waals surface area contributed by atoms with Crippen molar-refractivity contribution >= 4 is 17.3 Å². The van der Waals surface area contributed by atoms with Gasteiger partial charge in [0.1, 0.15) is 11.8 Å². The van der Waals surface area contributed by atoms with Gasteiger partial charge >= 0.3 is 0 Å². The highest BCUT2D eigenvalue weighted by Gasteiger charge is 2.22. The Morgan fingerprint density at radius 3 is 2.81 bits per heavy atom. The molecule has 6 heteroatoms. The van der Waals surface area contributed by atoms with Gasteiger partial charge in [-0.1, -0.05) is 6.07 Å². The van der Waals surface area contributed by atoms with Crippen LogP contribution in [0, 0.1) is 25.2 Å². The third-order valence-corrected chi connectivity index (χ3v) is 4.78. The Hall–Kier alpha value is -3.04. The first-order valence-corrected chi connectivity index (χ1v) is 8.34. The minimum absolute atomic E-state index is 0.104. The average molecular weight is 348 g/mol. The standard InChI is InChI=1S/C20H20N4O2/c1-11-12(2)18(22-10-15(11)8-21)20(25)24-16-6-5-14-9-23-19(13(3)26-4)17(14)7-16/h5-7,10,13H,9H2,1-4H3,(H,24,25). The van der Waals surface area contributed by atoms with Gasteiger partial charge in [0.25, 0.3) is 5.91 Å². The maximum absolute atomic E-state index is 12.6. The number of nitrogens with zero attached hydrogens (tertiary/aromatic N) is 3. The molecule has 1 aliphatic heterocycles. The van der Waals surface area contributed by atoms with Crippen molar-refractivity contribution in [3.63, 3.8) is 0 Å². The molecule has 0 fully saturated rings. The molecule has 0 spiro atoms. The van der Waals surface area contributed by atoms with Crippen LogP contribution in [0.15, 0.2) is 29.4 Å². The number of ether oxygens (including phenoxy) is 1. The van der Waals surface area contributed by atoms with Crippen LogP contribution in [-0.2, 0) is 11.3 Å². The van der Waals surface area contributed by atoms with E-state index in [0.29, 0.717) is 29.1 Å². The van der Waals surface area contributed by atoms with E-state index in [4.69, 9.17) is 10.00 Å². The highest BCUT2D eigenvalue weighted by Crippen LogP contribution is 2.25. The second-order valence-corrected chi connectivity index (χ2v) is 6.29. The molecule has 0 radical (unpaired) electrons. The van der Waals surface area contributed by atoms with Crippen molar-refractivity contribution in [3.05, 3.63) is 57.9 Å². The van der Waals surface area contributed by atoms with E-state index >= 15 is 0 Å². The first-order chi connectivity index (χ1) is 12.5. The van der Waals surface area contributed by atoms with E-state index in [1.807, 2.05) is 32.0 Å². The third-order valence-electron chi connectivity index (χ3n) is 4.78. The Morgan fingerprint density at radius 2 is 2.12 bits per heavy atom. The minimum Gasteiger partial charge on any atom is -0.375 e. The maximum Gasteiger partial charge on any atom is 0.274 e. The summed E-state index contributed by atoms with van der Waals surface area (Å²) in [5.41, 5.74) is 5.95. The predicted octanol–water partition coefficient (Wildman–Crippen LogP) is 3.16. The van der Waals surface area contributed by atoms with Crippen molar-refractivity contribution in [2.45, 2.75) is 33.4 Å². The van der Waals surface area contributed by atoms with Gasteiger partial charge in [-0.2, -0.15) is 5.26 Å². The zero-order valence-corrected chi connectivity index (χ0v) is 15.3. The summed E-state index contributed by atoms with van der Waals surface area (Å²) in [4.78, 5) is 21.3. The number of anilines is 1. The molecule has 0 saturated heterocycles. The van der Waals surface area contributed by atoms with Gasteiger partial charge in [0.15, 0.2) is 0 Å². The lowest BCUT2D eigenvalue weighted by atomic mass is 10.0. The van der Waals surface area contributed by atoms with Crippen molar-refractivity contribution < 1.29 is 9.53 Å². The van der Waals surface area contributed by atoms with Crippen LogP contribution in [0.4, 0.5) is 5.69 Å². The fourth-order valence-corrected chi connectivity index (χ4v) is 2.98. The summed E-state index contributed by atoms with van der Waals surface area (Å²) >= 11 is 0. The van der Waals surface area contributed by atoms with Crippen molar-refractivity contribution in [3.8, 4) is 6.07 Å². The lowest BCUT2D eigenvalue weighted by molar-refractivity contribution is 0.102.